The average molecular weight is 271 g/mol. The molecule has 0 rings (SSSR count). The molecule has 0 heterocycles. The van der Waals surface area contributed by atoms with Crippen LogP contribution in [-0.2, 0) is 0 Å². The number of rotatable bonds is 1. The van der Waals surface area contributed by atoms with Gasteiger partial charge in [0.1, 0.15) is 4.84 Å². The van der Waals surface area contributed by atoms with Gasteiger partial charge in [0.25, 0.3) is 0 Å². The van der Waals surface area contributed by atoms with Crippen molar-refractivity contribution in [3.05, 3.63) is 0 Å². The Bertz CT molecular complexity index is 32.0. The van der Waals surface area contributed by atoms with Crippen LogP contribution < -0.4 is 0 Å². The van der Waals surface area contributed by atoms with Gasteiger partial charge in [-0.25, -0.2) is 0 Å². The van der Waals surface area contributed by atoms with Gasteiger partial charge < -0.3 is 0 Å². The predicted molar refractivity (Wildman–Crippen MR) is 55.4 cm³/mol. The lowest BCUT2D eigenvalue weighted by molar-refractivity contribution is 1.29. The zero-order valence-corrected chi connectivity index (χ0v) is 11.2. The monoisotopic (exact) mass is 268 g/mol. The Morgan fingerprint density at radius 2 is 1.00 bits per heavy atom. The van der Waals surface area contributed by atoms with Crippen LogP contribution in [0.1, 0.15) is 0 Å². The van der Waals surface area contributed by atoms with Crippen molar-refractivity contribution in [1.82, 2.24) is 0 Å². The van der Waals surface area contributed by atoms with E-state index < -0.39 is 0 Å². The first-order valence-corrected chi connectivity index (χ1v) is 4.03. The van der Waals surface area contributed by atoms with Crippen molar-refractivity contribution in [2.24, 2.45) is 0 Å². The second-order valence-electron chi connectivity index (χ2n) is 1.01. The van der Waals surface area contributed by atoms with Crippen LogP contribution in [-0.4, -0.2) is 25.4 Å². The number of halogens is 6. The van der Waals surface area contributed by atoms with Crippen molar-refractivity contribution < 1.29 is 0 Å². The Morgan fingerprint density at radius 1 is 0.889 bits per heavy atom. The van der Waals surface area contributed by atoms with Crippen molar-refractivity contribution in [3.63, 3.8) is 0 Å². The molecule has 0 aliphatic heterocycles. The average Bonchev–Trinajstić information content (AvgIpc) is 1.36. The quantitative estimate of drug-likeness (QED) is 0.506. The van der Waals surface area contributed by atoms with Gasteiger partial charge in [-0.3, -0.25) is 0 Å². The molecule has 0 aromatic rings. The van der Waals surface area contributed by atoms with E-state index in [0.29, 0.717) is 0 Å². The lowest BCUT2D eigenvalue weighted by atomic mass is 10.9. The van der Waals surface area contributed by atoms with Crippen molar-refractivity contribution in [2.75, 3.05) is 0 Å². The fourth-order valence-corrected chi connectivity index (χ4v) is 0. The third-order valence-electron chi connectivity index (χ3n) is 0.347. The third kappa shape index (κ3) is 17.9. The van der Waals surface area contributed by atoms with E-state index in [-0.39, 0.29) is 46.3 Å². The Morgan fingerprint density at radius 3 is 1.00 bits per heavy atom. The van der Waals surface area contributed by atoms with E-state index in [1.165, 1.54) is 0 Å². The summed E-state index contributed by atoms with van der Waals surface area (Å²) in [5, 5.41) is 0. The van der Waals surface area contributed by atoms with E-state index in [2.05, 4.69) is 0 Å². The second kappa shape index (κ2) is 12.9. The topological polar surface area (TPSA) is 0 Å². The summed E-state index contributed by atoms with van der Waals surface area (Å²) in [6.45, 7) is 0. The van der Waals surface area contributed by atoms with Gasteiger partial charge in [-0.15, -0.1) is 72.0 Å². The summed E-state index contributed by atoms with van der Waals surface area (Å²) >= 11 is 16.8. The first kappa shape index (κ1) is 22.5. The Balaban J connectivity index is -0.0000000417. The Hall–Kier alpha value is 2.27. The molecule has 0 aliphatic carbocycles. The molecule has 0 amide bonds. The molecule has 0 fully saturated rings. The van der Waals surface area contributed by atoms with E-state index in [1.54, 1.807) is 0 Å². The van der Waals surface area contributed by atoms with Crippen LogP contribution in [0.2, 0.25) is 0 Å². The summed E-state index contributed by atoms with van der Waals surface area (Å²) in [7, 11) is 0. The minimum atomic E-state index is -0.377. The van der Waals surface area contributed by atoms with Crippen LogP contribution in [0.15, 0.2) is 0 Å². The Labute approximate surface area is 96.6 Å². The van der Waals surface area contributed by atoms with Crippen LogP contribution in [0.4, 0.5) is 0 Å². The molecular weight excluding hydrogens is 264 g/mol. The third-order valence-corrected chi connectivity index (χ3v) is 3.12. The van der Waals surface area contributed by atoms with Gasteiger partial charge in [0.15, 0.2) is 0 Å². The number of hydrogen-bond donors (Lipinski definition) is 0. The molecule has 0 saturated heterocycles. The van der Waals surface area contributed by atoms with Gasteiger partial charge in [-0.2, -0.15) is 0 Å². The summed E-state index contributed by atoms with van der Waals surface area (Å²) in [5.74, 6) is 0. The molecular formula is C2H7AlCl6. The predicted octanol–water partition coefficient (Wildman–Crippen LogP) is 2.25. The zero-order valence-electron chi connectivity index (χ0n) is 4.51. The van der Waals surface area contributed by atoms with Crippen LogP contribution in [0.25, 0.3) is 0 Å². The summed E-state index contributed by atoms with van der Waals surface area (Å²) < 4.78 is -0.00617. The van der Waals surface area contributed by atoms with Crippen LogP contribution in [0, 0.1) is 0 Å². The van der Waals surface area contributed by atoms with E-state index in [4.69, 9.17) is 34.8 Å². The van der Waals surface area contributed by atoms with Crippen LogP contribution in [0.5, 0.6) is 0 Å². The molecule has 0 saturated carbocycles. The summed E-state index contributed by atoms with van der Waals surface area (Å²) in [6, 6.07) is 0. The highest BCUT2D eigenvalue weighted by atomic mass is 35.5. The maximum Gasteiger partial charge on any atom is 0.245 e. The smallest absolute Gasteiger partial charge is 0.147 e. The molecule has 0 spiro atoms. The first-order chi connectivity index (χ1) is 2.64. The molecule has 0 aromatic heterocycles. The summed E-state index contributed by atoms with van der Waals surface area (Å²) in [4.78, 5) is -0.377. The fourth-order valence-electron chi connectivity index (χ4n) is 0. The molecule has 1 unspecified atom stereocenters. The molecule has 0 bridgehead atoms. The number of hydrogen-bond acceptors (Lipinski definition) is 0. The van der Waals surface area contributed by atoms with Gasteiger partial charge in [0.2, 0.25) is 16.3 Å². The SMILES string of the molecule is Cl.Cl.Cl.[AlH2][CH](Cl)C(Cl)Cl. The maximum absolute atomic E-state index is 5.41. The normalized spacial score (nSPS) is 10.2. The minimum Gasteiger partial charge on any atom is -0.147 e. The van der Waals surface area contributed by atoms with E-state index in [0.717, 1.165) is 16.3 Å². The standard InChI is InChI=1S/C2H2Cl3.Al.3ClH.2H/c3-1-2(4)5;;;;;;/h1-2H;;3*1H;;. The minimum absolute atomic E-state index is 0. The van der Waals surface area contributed by atoms with Crippen molar-refractivity contribution in [3.8, 4) is 0 Å². The summed E-state index contributed by atoms with van der Waals surface area (Å²) in [6.07, 6.45) is 0. The zero-order chi connectivity index (χ0) is 5.15. The van der Waals surface area contributed by atoms with Crippen LogP contribution in [0.3, 0.4) is 0 Å². The van der Waals surface area contributed by atoms with Crippen molar-refractivity contribution in [2.45, 2.75) is 9.08 Å². The highest BCUT2D eigenvalue weighted by Crippen LogP contribution is 2.09. The molecule has 0 aromatic carbocycles. The van der Waals surface area contributed by atoms with Crippen molar-refractivity contribution in [1.29, 1.82) is 0 Å². The highest BCUT2D eigenvalue weighted by Gasteiger charge is 2.04. The summed E-state index contributed by atoms with van der Waals surface area (Å²) in [5.41, 5.74) is 0. The van der Waals surface area contributed by atoms with Crippen LogP contribution >= 0.6 is 72.0 Å². The molecule has 0 aliphatic rings. The van der Waals surface area contributed by atoms with Crippen molar-refractivity contribution >= 4 is 88.3 Å². The Kier molecular flexibility index (Phi) is 32.3. The molecule has 0 N–H and O–H groups in total. The van der Waals surface area contributed by atoms with Gasteiger partial charge in [0.05, 0.1) is 0 Å². The van der Waals surface area contributed by atoms with E-state index in [1.807, 2.05) is 0 Å². The lowest BCUT2D eigenvalue weighted by Crippen LogP contribution is -2.06. The highest BCUT2D eigenvalue weighted by molar-refractivity contribution is 6.55. The molecule has 0 radical (unpaired) electrons. The first-order valence-electron chi connectivity index (χ1n) is 1.57. The fraction of sp³-hybridized carbons (Fsp3) is 1.00. The second-order valence-corrected chi connectivity index (χ2v) is 4.84. The molecule has 9 heavy (non-hydrogen) atoms. The van der Waals surface area contributed by atoms with Gasteiger partial charge in [-0.05, 0) is 0 Å². The van der Waals surface area contributed by atoms with Gasteiger partial charge >= 0.3 is 0 Å². The molecule has 1 atom stereocenters. The van der Waals surface area contributed by atoms with E-state index >= 15 is 0 Å². The molecule has 0 nitrogen and oxygen atoms in total. The van der Waals surface area contributed by atoms with E-state index in [9.17, 15) is 0 Å². The van der Waals surface area contributed by atoms with Gasteiger partial charge in [-0.1, -0.05) is 0 Å². The maximum atomic E-state index is 5.41. The largest absolute Gasteiger partial charge is 0.245 e. The molecule has 60 valence electrons. The lowest BCUT2D eigenvalue weighted by Gasteiger charge is -1.97. The number of alkyl halides is 3. The molecule has 7 heteroatoms. The van der Waals surface area contributed by atoms with Gasteiger partial charge in [0, 0.05) is 4.24 Å².